The minimum absolute atomic E-state index is 0.143. The molecule has 0 amide bonds. The van der Waals surface area contributed by atoms with Gasteiger partial charge in [0.15, 0.2) is 0 Å². The van der Waals surface area contributed by atoms with Crippen molar-refractivity contribution >= 4 is 11.6 Å². The van der Waals surface area contributed by atoms with E-state index in [9.17, 15) is 9.50 Å². The zero-order valence-corrected chi connectivity index (χ0v) is 12.2. The molecule has 21 heavy (non-hydrogen) atoms. The Balaban J connectivity index is 1.70. The zero-order valence-electron chi connectivity index (χ0n) is 11.4. The summed E-state index contributed by atoms with van der Waals surface area (Å²) in [6.07, 6.45) is -0.684. The van der Waals surface area contributed by atoms with Crippen LogP contribution in [0.15, 0.2) is 48.5 Å². The molecule has 5 heteroatoms. The van der Waals surface area contributed by atoms with Crippen LogP contribution >= 0.6 is 11.6 Å². The van der Waals surface area contributed by atoms with Crippen molar-refractivity contribution in [2.45, 2.75) is 12.6 Å². The maximum Gasteiger partial charge on any atom is 0.127 e. The Labute approximate surface area is 128 Å². The van der Waals surface area contributed by atoms with Gasteiger partial charge < -0.3 is 15.2 Å². The number of halogens is 2. The van der Waals surface area contributed by atoms with Crippen molar-refractivity contribution < 1.29 is 14.2 Å². The van der Waals surface area contributed by atoms with E-state index in [4.69, 9.17) is 16.3 Å². The smallest absolute Gasteiger partial charge is 0.127 e. The molecular weight excluding hydrogens is 293 g/mol. The van der Waals surface area contributed by atoms with E-state index < -0.39 is 6.10 Å². The summed E-state index contributed by atoms with van der Waals surface area (Å²) in [7, 11) is 0. The molecule has 0 saturated heterocycles. The number of hydrogen-bond donors (Lipinski definition) is 2. The lowest BCUT2D eigenvalue weighted by Gasteiger charge is -2.13. The van der Waals surface area contributed by atoms with Gasteiger partial charge in [-0.1, -0.05) is 35.9 Å². The molecule has 0 heterocycles. The molecule has 0 saturated carbocycles. The predicted octanol–water partition coefficient (Wildman–Crippen LogP) is 3.01. The van der Waals surface area contributed by atoms with Crippen molar-refractivity contribution in [3.8, 4) is 5.75 Å². The van der Waals surface area contributed by atoms with Crippen molar-refractivity contribution in [1.29, 1.82) is 0 Å². The summed E-state index contributed by atoms with van der Waals surface area (Å²) in [5.41, 5.74) is 0.570. The first-order chi connectivity index (χ1) is 10.1. The van der Waals surface area contributed by atoms with Gasteiger partial charge in [-0.05, 0) is 24.3 Å². The summed E-state index contributed by atoms with van der Waals surface area (Å²) in [6.45, 7) is 0.820. The van der Waals surface area contributed by atoms with Crippen LogP contribution in [0.5, 0.6) is 5.75 Å². The molecule has 0 bridgehead atoms. The van der Waals surface area contributed by atoms with Gasteiger partial charge in [0.1, 0.15) is 24.3 Å². The molecule has 0 aliphatic carbocycles. The monoisotopic (exact) mass is 309 g/mol. The Hall–Kier alpha value is -1.62. The maximum atomic E-state index is 13.4. The van der Waals surface area contributed by atoms with E-state index in [1.54, 1.807) is 42.5 Å². The van der Waals surface area contributed by atoms with Crippen LogP contribution in [0.25, 0.3) is 0 Å². The van der Waals surface area contributed by atoms with Crippen LogP contribution in [-0.4, -0.2) is 24.4 Å². The molecule has 0 aromatic heterocycles. The van der Waals surface area contributed by atoms with Crippen LogP contribution in [0.1, 0.15) is 5.56 Å². The summed E-state index contributed by atoms with van der Waals surface area (Å²) in [4.78, 5) is 0. The molecule has 2 rings (SSSR count). The lowest BCUT2D eigenvalue weighted by atomic mass is 10.2. The quantitative estimate of drug-likeness (QED) is 0.826. The van der Waals surface area contributed by atoms with Crippen LogP contribution in [0.3, 0.4) is 0 Å². The second-order valence-electron chi connectivity index (χ2n) is 4.64. The van der Waals surface area contributed by atoms with E-state index in [1.165, 1.54) is 6.07 Å². The molecule has 0 radical (unpaired) electrons. The van der Waals surface area contributed by atoms with Gasteiger partial charge in [0.2, 0.25) is 0 Å². The van der Waals surface area contributed by atoms with E-state index in [1.807, 2.05) is 0 Å². The fourth-order valence-electron chi connectivity index (χ4n) is 1.82. The van der Waals surface area contributed by atoms with Crippen molar-refractivity contribution in [2.24, 2.45) is 0 Å². The minimum Gasteiger partial charge on any atom is -0.491 e. The van der Waals surface area contributed by atoms with Gasteiger partial charge in [-0.25, -0.2) is 4.39 Å². The summed E-state index contributed by atoms with van der Waals surface area (Å²) >= 11 is 5.84. The van der Waals surface area contributed by atoms with Crippen LogP contribution in [0.4, 0.5) is 4.39 Å². The van der Waals surface area contributed by atoms with E-state index in [0.29, 0.717) is 29.4 Å². The molecule has 1 unspecified atom stereocenters. The van der Waals surface area contributed by atoms with E-state index in [0.717, 1.165) is 0 Å². The van der Waals surface area contributed by atoms with Gasteiger partial charge in [0, 0.05) is 23.7 Å². The highest BCUT2D eigenvalue weighted by atomic mass is 35.5. The number of hydrogen-bond acceptors (Lipinski definition) is 3. The highest BCUT2D eigenvalue weighted by Crippen LogP contribution is 2.17. The van der Waals surface area contributed by atoms with Gasteiger partial charge in [0.05, 0.1) is 0 Å². The Morgan fingerprint density at radius 2 is 2.00 bits per heavy atom. The number of ether oxygens (including phenoxy) is 1. The first kappa shape index (κ1) is 15.8. The largest absolute Gasteiger partial charge is 0.491 e. The fraction of sp³-hybridized carbons (Fsp3) is 0.250. The van der Waals surface area contributed by atoms with E-state index in [2.05, 4.69) is 5.32 Å². The predicted molar refractivity (Wildman–Crippen MR) is 81.1 cm³/mol. The normalized spacial score (nSPS) is 12.1. The zero-order chi connectivity index (χ0) is 15.1. The molecule has 2 aromatic rings. The first-order valence-corrected chi connectivity index (χ1v) is 7.03. The molecule has 3 nitrogen and oxygen atoms in total. The summed E-state index contributed by atoms with van der Waals surface area (Å²) in [6, 6.07) is 13.5. The Bertz CT molecular complexity index is 580. The lowest BCUT2D eigenvalue weighted by molar-refractivity contribution is 0.106. The lowest BCUT2D eigenvalue weighted by Crippen LogP contribution is -2.31. The second-order valence-corrected chi connectivity index (χ2v) is 5.08. The second kappa shape index (κ2) is 7.98. The van der Waals surface area contributed by atoms with E-state index >= 15 is 0 Å². The Morgan fingerprint density at radius 1 is 1.19 bits per heavy atom. The molecule has 0 spiro atoms. The molecule has 2 aromatic carbocycles. The van der Waals surface area contributed by atoms with Crippen molar-refractivity contribution in [3.05, 3.63) is 64.9 Å². The first-order valence-electron chi connectivity index (χ1n) is 6.65. The molecular formula is C16H17ClFNO2. The highest BCUT2D eigenvalue weighted by molar-refractivity contribution is 6.30. The SMILES string of the molecule is OC(CNCc1ccccc1F)COc1cccc(Cl)c1. The van der Waals surface area contributed by atoms with Gasteiger partial charge in [0.25, 0.3) is 0 Å². The number of aliphatic hydroxyl groups is 1. The minimum atomic E-state index is -0.684. The van der Waals surface area contributed by atoms with Crippen molar-refractivity contribution in [1.82, 2.24) is 5.32 Å². The topological polar surface area (TPSA) is 41.5 Å². The average Bonchev–Trinajstić information content (AvgIpc) is 2.47. The Morgan fingerprint density at radius 3 is 2.76 bits per heavy atom. The third-order valence-corrected chi connectivity index (χ3v) is 3.13. The molecule has 1 atom stereocenters. The number of aliphatic hydroxyl groups excluding tert-OH is 1. The van der Waals surface area contributed by atoms with Crippen LogP contribution in [0, 0.1) is 5.82 Å². The van der Waals surface area contributed by atoms with Crippen molar-refractivity contribution in [3.63, 3.8) is 0 Å². The summed E-state index contributed by atoms with van der Waals surface area (Å²) < 4.78 is 18.8. The average molecular weight is 310 g/mol. The molecule has 0 aliphatic rings. The summed E-state index contributed by atoms with van der Waals surface area (Å²) in [5, 5.41) is 13.4. The Kier molecular flexibility index (Phi) is 5.99. The third-order valence-electron chi connectivity index (χ3n) is 2.89. The van der Waals surface area contributed by atoms with Gasteiger partial charge >= 0.3 is 0 Å². The highest BCUT2D eigenvalue weighted by Gasteiger charge is 2.06. The van der Waals surface area contributed by atoms with E-state index in [-0.39, 0.29) is 12.4 Å². The molecule has 2 N–H and O–H groups in total. The van der Waals surface area contributed by atoms with Gasteiger partial charge in [-0.15, -0.1) is 0 Å². The van der Waals surface area contributed by atoms with Crippen LogP contribution < -0.4 is 10.1 Å². The maximum absolute atomic E-state index is 13.4. The number of rotatable bonds is 7. The number of nitrogens with one attached hydrogen (secondary N) is 1. The standard InChI is InChI=1S/C16H17ClFNO2/c17-13-5-3-6-15(8-13)21-11-14(20)10-19-9-12-4-1-2-7-16(12)18/h1-8,14,19-20H,9-11H2. The fourth-order valence-corrected chi connectivity index (χ4v) is 2.00. The molecule has 0 aliphatic heterocycles. The summed E-state index contributed by atoms with van der Waals surface area (Å²) in [5.74, 6) is 0.352. The third kappa shape index (κ3) is 5.34. The van der Waals surface area contributed by atoms with Gasteiger partial charge in [-0.2, -0.15) is 0 Å². The van der Waals surface area contributed by atoms with Crippen LogP contribution in [-0.2, 0) is 6.54 Å². The molecule has 0 fully saturated rings. The molecule has 112 valence electrons. The van der Waals surface area contributed by atoms with Crippen molar-refractivity contribution in [2.75, 3.05) is 13.2 Å². The van der Waals surface area contributed by atoms with Gasteiger partial charge in [-0.3, -0.25) is 0 Å². The number of benzene rings is 2. The van der Waals surface area contributed by atoms with Crippen LogP contribution in [0.2, 0.25) is 5.02 Å².